The van der Waals surface area contributed by atoms with E-state index in [1.54, 1.807) is 33.5 Å². The first-order chi connectivity index (χ1) is 23.5. The maximum absolute atomic E-state index is 13.9. The normalized spacial score (nSPS) is 18.3. The first-order valence-electron chi connectivity index (χ1n) is 17.0. The number of para-hydroxylation sites is 2. The number of pyridine rings is 1. The van der Waals surface area contributed by atoms with Crippen molar-refractivity contribution in [2.75, 3.05) is 85.3 Å². The average molecular weight is 693 g/mol. The first kappa shape index (κ1) is 36.2. The molecule has 2 aromatic heterocycles. The summed E-state index contributed by atoms with van der Waals surface area (Å²) < 4.78 is 24.6. The smallest absolute Gasteiger partial charge is 0.254 e. The number of aromatic nitrogens is 3. The molecule has 2 saturated heterocycles. The maximum Gasteiger partial charge on any atom is 0.254 e. The lowest BCUT2D eigenvalue weighted by atomic mass is 9.77. The number of amides is 1. The van der Waals surface area contributed by atoms with Crippen molar-refractivity contribution >= 4 is 35.3 Å². The van der Waals surface area contributed by atoms with Gasteiger partial charge in [-0.15, -0.1) is 12.4 Å². The Morgan fingerprint density at radius 1 is 0.898 bits per heavy atom. The van der Waals surface area contributed by atoms with Gasteiger partial charge in [-0.3, -0.25) is 9.78 Å². The lowest BCUT2D eigenvalue weighted by Gasteiger charge is -2.33. The minimum absolute atomic E-state index is 0. The molecule has 1 atom stereocenters. The van der Waals surface area contributed by atoms with E-state index in [0.29, 0.717) is 49.1 Å². The Bertz CT molecular complexity index is 1660. The van der Waals surface area contributed by atoms with E-state index in [2.05, 4.69) is 55.7 Å². The van der Waals surface area contributed by atoms with Crippen molar-refractivity contribution in [1.82, 2.24) is 24.3 Å². The number of anilines is 1. The minimum Gasteiger partial charge on any atom is -0.493 e. The maximum atomic E-state index is 13.9. The molecule has 0 saturated carbocycles. The summed E-state index contributed by atoms with van der Waals surface area (Å²) in [5.41, 5.74) is 3.76. The minimum atomic E-state index is -0.168. The number of carbonyl (C=O) groups excluding carboxylic acids is 1. The van der Waals surface area contributed by atoms with Crippen LogP contribution >= 0.6 is 12.4 Å². The predicted octanol–water partition coefficient (Wildman–Crippen LogP) is 5.30. The van der Waals surface area contributed by atoms with E-state index in [1.807, 2.05) is 24.2 Å². The fraction of sp³-hybridized carbons (Fsp3) is 0.486. The molecule has 1 amide bonds. The number of fused-ring (bicyclic) bond motifs is 1. The molecule has 6 rings (SSSR count). The zero-order chi connectivity index (χ0) is 33.5. The summed E-state index contributed by atoms with van der Waals surface area (Å²) in [7, 11) is 4.70. The molecular formula is C37H49ClN6O5. The number of imidazole rings is 1. The van der Waals surface area contributed by atoms with Crippen LogP contribution in [0, 0.1) is 0 Å². The number of hydrogen-bond donors (Lipinski definition) is 0. The number of likely N-dealkylation sites (tertiary alicyclic amines) is 1. The van der Waals surface area contributed by atoms with Gasteiger partial charge in [-0.1, -0.05) is 12.1 Å². The standard InChI is InChI=1S/C37H48N6O5.ClH/c1-5-48-24-23-43-31-10-7-6-9-30(31)39-36(43)41-18-8-17-40(21-22-41)19-13-37(29-11-15-38-16-12-29)14-20-42(27-37)35(44)28-25-32(45-2)34(47-4)33(26-28)46-3;/h6-7,9-12,15-16,25-26H,5,8,13-14,17-24,27H2,1-4H3;1H. The zero-order valence-electron chi connectivity index (χ0n) is 29.1. The highest BCUT2D eigenvalue weighted by atomic mass is 35.5. The molecule has 0 aliphatic carbocycles. The van der Waals surface area contributed by atoms with Crippen molar-refractivity contribution < 1.29 is 23.7 Å². The molecule has 2 aromatic carbocycles. The summed E-state index contributed by atoms with van der Waals surface area (Å²) in [5, 5.41) is 0. The van der Waals surface area contributed by atoms with Crippen LogP contribution in [0.3, 0.4) is 0 Å². The Balaban J connectivity index is 0.00000468. The Morgan fingerprint density at radius 3 is 2.37 bits per heavy atom. The Kier molecular flexibility index (Phi) is 12.2. The number of carbonyl (C=O) groups is 1. The second kappa shape index (κ2) is 16.6. The third kappa shape index (κ3) is 7.74. The molecule has 264 valence electrons. The van der Waals surface area contributed by atoms with Gasteiger partial charge in [-0.05, 0) is 81.2 Å². The Hall–Kier alpha value is -4.06. The number of rotatable bonds is 13. The van der Waals surface area contributed by atoms with E-state index in [4.69, 9.17) is 23.9 Å². The van der Waals surface area contributed by atoms with Gasteiger partial charge < -0.3 is 38.2 Å². The van der Waals surface area contributed by atoms with Crippen LogP contribution < -0.4 is 19.1 Å². The molecule has 49 heavy (non-hydrogen) atoms. The monoisotopic (exact) mass is 692 g/mol. The van der Waals surface area contributed by atoms with Gasteiger partial charge in [-0.2, -0.15) is 0 Å². The van der Waals surface area contributed by atoms with Gasteiger partial charge in [0, 0.05) is 69.2 Å². The number of ether oxygens (including phenoxy) is 4. The van der Waals surface area contributed by atoms with Crippen LogP contribution in [0.2, 0.25) is 0 Å². The Morgan fingerprint density at radius 2 is 1.65 bits per heavy atom. The summed E-state index contributed by atoms with van der Waals surface area (Å²) in [6, 6.07) is 16.1. The van der Waals surface area contributed by atoms with Crippen molar-refractivity contribution in [3.63, 3.8) is 0 Å². The molecule has 2 aliphatic rings. The van der Waals surface area contributed by atoms with Gasteiger partial charge >= 0.3 is 0 Å². The number of nitrogens with zero attached hydrogens (tertiary/aromatic N) is 6. The molecule has 1 unspecified atom stereocenters. The van der Waals surface area contributed by atoms with E-state index < -0.39 is 0 Å². The van der Waals surface area contributed by atoms with Crippen LogP contribution in [0.4, 0.5) is 5.95 Å². The van der Waals surface area contributed by atoms with E-state index in [-0.39, 0.29) is 23.7 Å². The quantitative estimate of drug-likeness (QED) is 0.173. The number of methoxy groups -OCH3 is 3. The molecule has 12 heteroatoms. The van der Waals surface area contributed by atoms with E-state index in [0.717, 1.165) is 75.5 Å². The molecule has 0 N–H and O–H groups in total. The second-order valence-corrected chi connectivity index (χ2v) is 12.6. The number of hydrogen-bond acceptors (Lipinski definition) is 9. The van der Waals surface area contributed by atoms with Gasteiger partial charge in [0.15, 0.2) is 11.5 Å². The van der Waals surface area contributed by atoms with E-state index >= 15 is 0 Å². The van der Waals surface area contributed by atoms with Gasteiger partial charge in [-0.25, -0.2) is 4.98 Å². The fourth-order valence-corrected chi connectivity index (χ4v) is 7.31. The number of benzene rings is 2. The van der Waals surface area contributed by atoms with Crippen LogP contribution in [0.5, 0.6) is 17.2 Å². The average Bonchev–Trinajstić information content (AvgIpc) is 3.65. The summed E-state index contributed by atoms with van der Waals surface area (Å²) in [6.45, 7) is 10.3. The third-order valence-corrected chi connectivity index (χ3v) is 9.92. The first-order valence-corrected chi connectivity index (χ1v) is 17.0. The van der Waals surface area contributed by atoms with Gasteiger partial charge in [0.25, 0.3) is 5.91 Å². The molecule has 11 nitrogen and oxygen atoms in total. The Labute approximate surface area is 295 Å². The molecule has 0 bridgehead atoms. The molecule has 4 aromatic rings. The van der Waals surface area contributed by atoms with Gasteiger partial charge in [0.05, 0.1) is 39.0 Å². The number of halogens is 1. The van der Waals surface area contributed by atoms with E-state index in [9.17, 15) is 4.79 Å². The summed E-state index contributed by atoms with van der Waals surface area (Å²) in [5.74, 6) is 2.41. The van der Waals surface area contributed by atoms with Crippen molar-refractivity contribution in [1.29, 1.82) is 0 Å². The van der Waals surface area contributed by atoms with Crippen molar-refractivity contribution in [2.45, 2.75) is 38.1 Å². The molecular weight excluding hydrogens is 644 g/mol. The topological polar surface area (TPSA) is 94.4 Å². The molecule has 2 fully saturated rings. The summed E-state index contributed by atoms with van der Waals surface area (Å²) in [6.07, 6.45) is 6.62. The van der Waals surface area contributed by atoms with Crippen LogP contribution in [0.1, 0.15) is 42.1 Å². The zero-order valence-corrected chi connectivity index (χ0v) is 29.9. The lowest BCUT2D eigenvalue weighted by Crippen LogP contribution is -2.39. The highest BCUT2D eigenvalue weighted by molar-refractivity contribution is 5.96. The van der Waals surface area contributed by atoms with E-state index in [1.165, 1.54) is 5.56 Å². The van der Waals surface area contributed by atoms with Crippen LogP contribution in [-0.2, 0) is 16.7 Å². The fourth-order valence-electron chi connectivity index (χ4n) is 7.31. The van der Waals surface area contributed by atoms with Crippen LogP contribution in [0.15, 0.2) is 60.9 Å². The largest absolute Gasteiger partial charge is 0.493 e. The van der Waals surface area contributed by atoms with Crippen LogP contribution in [0.25, 0.3) is 11.0 Å². The van der Waals surface area contributed by atoms with Crippen molar-refractivity contribution in [3.05, 3.63) is 72.1 Å². The molecule has 2 aliphatic heterocycles. The summed E-state index contributed by atoms with van der Waals surface area (Å²) >= 11 is 0. The molecule has 0 spiro atoms. The summed E-state index contributed by atoms with van der Waals surface area (Å²) in [4.78, 5) is 30.3. The lowest BCUT2D eigenvalue weighted by molar-refractivity contribution is 0.0780. The molecule has 4 heterocycles. The van der Waals surface area contributed by atoms with Crippen molar-refractivity contribution in [2.24, 2.45) is 0 Å². The van der Waals surface area contributed by atoms with Gasteiger partial charge in [0.2, 0.25) is 11.7 Å². The van der Waals surface area contributed by atoms with Gasteiger partial charge in [0.1, 0.15) is 0 Å². The van der Waals surface area contributed by atoms with Crippen LogP contribution in [-0.4, -0.2) is 111 Å². The SMILES string of the molecule is CCOCCn1c(N2CCCN(CCC3(c4ccncc4)CCN(C(=O)c4cc(OC)c(OC)c(OC)c4)C3)CC2)nc2ccccc21.Cl. The third-order valence-electron chi connectivity index (χ3n) is 9.92. The van der Waals surface area contributed by atoms with Crippen molar-refractivity contribution in [3.8, 4) is 17.2 Å². The second-order valence-electron chi connectivity index (χ2n) is 12.6. The predicted molar refractivity (Wildman–Crippen MR) is 194 cm³/mol. The highest BCUT2D eigenvalue weighted by Gasteiger charge is 2.42. The molecule has 0 radical (unpaired) electrons. The highest BCUT2D eigenvalue weighted by Crippen LogP contribution is 2.41.